The molecule has 25 heavy (non-hydrogen) atoms. The number of carbonyl (C=O) groups excluding carboxylic acids is 1. The molecule has 0 radical (unpaired) electrons. The van der Waals surface area contributed by atoms with Gasteiger partial charge in [0.15, 0.2) is 5.82 Å². The third kappa shape index (κ3) is 3.08. The molecular formula is C18H17N5O2. The average molecular weight is 335 g/mol. The second-order valence-electron chi connectivity index (χ2n) is 5.91. The molecule has 0 spiro atoms. The highest BCUT2D eigenvalue weighted by molar-refractivity contribution is 6.06. The van der Waals surface area contributed by atoms with Gasteiger partial charge < -0.3 is 10.1 Å². The number of nitrogens with one attached hydrogen (secondary N) is 1. The van der Waals surface area contributed by atoms with Crippen LogP contribution in [0, 0.1) is 0 Å². The molecule has 1 saturated carbocycles. The van der Waals surface area contributed by atoms with Gasteiger partial charge in [-0.25, -0.2) is 4.68 Å². The van der Waals surface area contributed by atoms with Crippen LogP contribution < -0.4 is 10.1 Å². The van der Waals surface area contributed by atoms with Crippen molar-refractivity contribution in [3.63, 3.8) is 0 Å². The number of benzene rings is 2. The van der Waals surface area contributed by atoms with Crippen LogP contribution in [-0.2, 0) is 0 Å². The molecule has 2 aromatic carbocycles. The number of ether oxygens (including phenoxy) is 1. The highest BCUT2D eigenvalue weighted by atomic mass is 16.5. The number of carbonyl (C=O) groups is 1. The highest BCUT2D eigenvalue weighted by Gasteiger charge is 2.28. The van der Waals surface area contributed by atoms with Gasteiger partial charge in [0.2, 0.25) is 0 Å². The second kappa shape index (κ2) is 6.35. The SMILES string of the molecule is COc1ccccc1C(=O)Nc1cccc(-c2nnnn2C2CC2)c1. The molecule has 4 rings (SSSR count). The molecule has 1 fully saturated rings. The lowest BCUT2D eigenvalue weighted by Gasteiger charge is -2.10. The smallest absolute Gasteiger partial charge is 0.259 e. The number of aromatic nitrogens is 4. The van der Waals surface area contributed by atoms with Crippen LogP contribution in [0.25, 0.3) is 11.4 Å². The number of rotatable bonds is 5. The standard InChI is InChI=1S/C18H17N5O2/c1-25-16-8-3-2-7-15(16)18(24)19-13-6-4-5-12(11-13)17-20-21-22-23(17)14-9-10-14/h2-8,11,14H,9-10H2,1H3,(H,19,24). The Hall–Kier alpha value is -3.22. The van der Waals surface area contributed by atoms with Crippen molar-refractivity contribution in [2.75, 3.05) is 12.4 Å². The summed E-state index contributed by atoms with van der Waals surface area (Å²) in [5, 5.41) is 14.9. The maximum Gasteiger partial charge on any atom is 0.259 e. The zero-order chi connectivity index (χ0) is 17.2. The van der Waals surface area contributed by atoms with E-state index in [9.17, 15) is 4.79 Å². The third-order valence-electron chi connectivity index (χ3n) is 4.12. The van der Waals surface area contributed by atoms with Crippen molar-refractivity contribution >= 4 is 11.6 Å². The lowest BCUT2D eigenvalue weighted by atomic mass is 10.1. The number of hydrogen-bond donors (Lipinski definition) is 1. The Morgan fingerprint density at radius 3 is 2.84 bits per heavy atom. The summed E-state index contributed by atoms with van der Waals surface area (Å²) in [4.78, 5) is 12.5. The van der Waals surface area contributed by atoms with Crippen LogP contribution >= 0.6 is 0 Å². The van der Waals surface area contributed by atoms with Gasteiger partial charge in [0, 0.05) is 11.3 Å². The minimum atomic E-state index is -0.226. The Bertz CT molecular complexity index is 917. The molecule has 3 aromatic rings. The number of amides is 1. The number of methoxy groups -OCH3 is 1. The van der Waals surface area contributed by atoms with Crippen LogP contribution in [0.2, 0.25) is 0 Å². The van der Waals surface area contributed by atoms with Crippen molar-refractivity contribution in [2.24, 2.45) is 0 Å². The largest absolute Gasteiger partial charge is 0.496 e. The molecule has 1 aliphatic carbocycles. The predicted molar refractivity (Wildman–Crippen MR) is 92.5 cm³/mol. The van der Waals surface area contributed by atoms with Crippen LogP contribution in [0.5, 0.6) is 5.75 Å². The minimum Gasteiger partial charge on any atom is -0.496 e. The number of nitrogens with zero attached hydrogens (tertiary/aromatic N) is 4. The quantitative estimate of drug-likeness (QED) is 0.775. The molecule has 126 valence electrons. The number of hydrogen-bond acceptors (Lipinski definition) is 5. The summed E-state index contributed by atoms with van der Waals surface area (Å²) in [5.41, 5.74) is 2.03. The van der Waals surface area contributed by atoms with Gasteiger partial charge in [-0.3, -0.25) is 4.79 Å². The summed E-state index contributed by atoms with van der Waals surface area (Å²) in [6.07, 6.45) is 2.20. The monoisotopic (exact) mass is 335 g/mol. The molecule has 1 amide bonds. The Balaban J connectivity index is 1.59. The Morgan fingerprint density at radius 2 is 2.04 bits per heavy atom. The average Bonchev–Trinajstić information content (AvgIpc) is 3.38. The Labute approximate surface area is 144 Å². The van der Waals surface area contributed by atoms with E-state index in [-0.39, 0.29) is 5.91 Å². The van der Waals surface area contributed by atoms with Gasteiger partial charge in [0.1, 0.15) is 5.75 Å². The van der Waals surface area contributed by atoms with Crippen molar-refractivity contribution in [3.05, 3.63) is 54.1 Å². The molecule has 0 aliphatic heterocycles. The lowest BCUT2D eigenvalue weighted by Crippen LogP contribution is -2.13. The first-order valence-electron chi connectivity index (χ1n) is 8.09. The van der Waals surface area contributed by atoms with Gasteiger partial charge in [-0.05, 0) is 47.5 Å². The topological polar surface area (TPSA) is 81.9 Å². The molecule has 1 aliphatic rings. The number of tetrazole rings is 1. The maximum absolute atomic E-state index is 12.5. The normalized spacial score (nSPS) is 13.5. The fourth-order valence-electron chi connectivity index (χ4n) is 2.72. The van der Waals surface area contributed by atoms with E-state index in [2.05, 4.69) is 20.8 Å². The van der Waals surface area contributed by atoms with E-state index in [4.69, 9.17) is 4.74 Å². The van der Waals surface area contributed by atoms with Crippen LogP contribution in [-0.4, -0.2) is 33.2 Å². The van der Waals surface area contributed by atoms with Crippen LogP contribution in [0.4, 0.5) is 5.69 Å². The molecule has 7 heteroatoms. The lowest BCUT2D eigenvalue weighted by molar-refractivity contribution is 0.102. The predicted octanol–water partition coefficient (Wildman–Crippen LogP) is 2.94. The van der Waals surface area contributed by atoms with E-state index in [1.54, 1.807) is 25.3 Å². The second-order valence-corrected chi connectivity index (χ2v) is 5.91. The van der Waals surface area contributed by atoms with Gasteiger partial charge in [-0.2, -0.15) is 0 Å². The van der Waals surface area contributed by atoms with Gasteiger partial charge in [-0.15, -0.1) is 5.10 Å². The zero-order valence-corrected chi connectivity index (χ0v) is 13.7. The van der Waals surface area contributed by atoms with Crippen LogP contribution in [0.3, 0.4) is 0 Å². The van der Waals surface area contributed by atoms with Gasteiger partial charge in [-0.1, -0.05) is 24.3 Å². The molecule has 0 bridgehead atoms. The minimum absolute atomic E-state index is 0.226. The highest BCUT2D eigenvalue weighted by Crippen LogP contribution is 2.36. The molecule has 0 saturated heterocycles. The molecule has 1 heterocycles. The fraction of sp³-hybridized carbons (Fsp3) is 0.222. The van der Waals surface area contributed by atoms with Gasteiger partial charge in [0.05, 0.1) is 18.7 Å². The van der Waals surface area contributed by atoms with E-state index >= 15 is 0 Å². The van der Waals surface area contributed by atoms with Crippen molar-refractivity contribution in [1.82, 2.24) is 20.2 Å². The molecule has 7 nitrogen and oxygen atoms in total. The summed E-state index contributed by atoms with van der Waals surface area (Å²) in [6.45, 7) is 0. The van der Waals surface area contributed by atoms with Crippen LogP contribution in [0.1, 0.15) is 29.2 Å². The maximum atomic E-state index is 12.5. The van der Waals surface area contributed by atoms with E-state index < -0.39 is 0 Å². The number of anilines is 1. The van der Waals surface area contributed by atoms with Crippen molar-refractivity contribution in [2.45, 2.75) is 18.9 Å². The first-order chi connectivity index (χ1) is 12.3. The molecule has 1 N–H and O–H groups in total. The third-order valence-corrected chi connectivity index (χ3v) is 4.12. The summed E-state index contributed by atoms with van der Waals surface area (Å²) in [6, 6.07) is 15.0. The first kappa shape index (κ1) is 15.3. The van der Waals surface area contributed by atoms with Gasteiger partial charge >= 0.3 is 0 Å². The summed E-state index contributed by atoms with van der Waals surface area (Å²) in [7, 11) is 1.55. The van der Waals surface area contributed by atoms with Crippen LogP contribution in [0.15, 0.2) is 48.5 Å². The Morgan fingerprint density at radius 1 is 1.20 bits per heavy atom. The van der Waals surface area contributed by atoms with E-state index in [0.717, 1.165) is 24.2 Å². The van der Waals surface area contributed by atoms with Crippen molar-refractivity contribution < 1.29 is 9.53 Å². The zero-order valence-electron chi connectivity index (χ0n) is 13.7. The van der Waals surface area contributed by atoms with E-state index in [1.807, 2.05) is 35.0 Å². The number of para-hydroxylation sites is 1. The summed E-state index contributed by atoms with van der Waals surface area (Å²) >= 11 is 0. The molecule has 0 atom stereocenters. The molecular weight excluding hydrogens is 318 g/mol. The molecule has 0 unspecified atom stereocenters. The Kier molecular flexibility index (Phi) is 3.89. The summed E-state index contributed by atoms with van der Waals surface area (Å²) in [5.74, 6) is 1.03. The van der Waals surface area contributed by atoms with E-state index in [1.165, 1.54) is 0 Å². The van der Waals surface area contributed by atoms with E-state index in [0.29, 0.717) is 23.0 Å². The first-order valence-corrected chi connectivity index (χ1v) is 8.09. The molecule has 1 aromatic heterocycles. The van der Waals surface area contributed by atoms with Crippen molar-refractivity contribution in [1.29, 1.82) is 0 Å². The van der Waals surface area contributed by atoms with Crippen molar-refractivity contribution in [3.8, 4) is 17.1 Å². The summed E-state index contributed by atoms with van der Waals surface area (Å²) < 4.78 is 7.09. The fourth-order valence-corrected chi connectivity index (χ4v) is 2.72. The van der Waals surface area contributed by atoms with Gasteiger partial charge in [0.25, 0.3) is 5.91 Å².